The van der Waals surface area contributed by atoms with Gasteiger partial charge in [0.05, 0.1) is 0 Å². The van der Waals surface area contributed by atoms with Crippen molar-refractivity contribution in [1.82, 2.24) is 0 Å². The summed E-state index contributed by atoms with van der Waals surface area (Å²) in [5, 5.41) is 8.28. The van der Waals surface area contributed by atoms with Crippen molar-refractivity contribution in [2.24, 2.45) is 0 Å². The topological polar surface area (TPSA) is 67.5 Å². The number of carboxylic acid groups (broad SMARTS) is 1. The standard InChI is InChI=1S/C6H4O4/c7-3-4-1-2-5(10-4)6(8)9/h1-3H,(H,8,9)/i7+2,8+2. The highest BCUT2D eigenvalue weighted by molar-refractivity contribution is 5.85. The minimum atomic E-state index is -1.17. The Morgan fingerprint density at radius 1 is 1.70 bits per heavy atom. The van der Waals surface area contributed by atoms with E-state index in [4.69, 9.17) is 5.11 Å². The smallest absolute Gasteiger partial charge is 0.371 e. The Balaban J connectivity index is 2.98. The molecule has 0 unspecified atom stereocenters. The van der Waals surface area contributed by atoms with E-state index in [1.807, 2.05) is 0 Å². The van der Waals surface area contributed by atoms with E-state index >= 15 is 0 Å². The summed E-state index contributed by atoms with van der Waals surface area (Å²) in [6.07, 6.45) is 0.451. The number of aromatic carboxylic acids is 1. The van der Waals surface area contributed by atoms with Gasteiger partial charge in [0.25, 0.3) is 0 Å². The van der Waals surface area contributed by atoms with Crippen LogP contribution in [0.4, 0.5) is 0 Å². The highest BCUT2D eigenvalue weighted by atomic mass is 18.2. The average Bonchev–Trinajstić information content (AvgIpc) is 2.34. The van der Waals surface area contributed by atoms with Crippen LogP contribution in [0.5, 0.6) is 0 Å². The Hall–Kier alpha value is -1.58. The van der Waals surface area contributed by atoms with Crippen LogP contribution in [0.15, 0.2) is 16.5 Å². The molecule has 0 amide bonds. The molecule has 0 bridgehead atoms. The van der Waals surface area contributed by atoms with Gasteiger partial charge in [-0.1, -0.05) is 0 Å². The maximum absolute atomic E-state index is 10.1. The Labute approximate surface area is 56.1 Å². The van der Waals surface area contributed by atoms with Gasteiger partial charge in [0.15, 0.2) is 12.0 Å². The van der Waals surface area contributed by atoms with Gasteiger partial charge in [0, 0.05) is 0 Å². The minimum Gasteiger partial charge on any atom is -0.475 e. The van der Waals surface area contributed by atoms with Gasteiger partial charge in [-0.15, -0.1) is 0 Å². The number of hydrogen-bond acceptors (Lipinski definition) is 3. The summed E-state index contributed by atoms with van der Waals surface area (Å²) >= 11 is 0. The second-order valence-electron chi connectivity index (χ2n) is 1.63. The molecule has 0 saturated carbocycles. The van der Waals surface area contributed by atoms with Crippen LogP contribution in [-0.2, 0) is 0 Å². The van der Waals surface area contributed by atoms with Crippen LogP contribution in [0.2, 0.25) is 0 Å². The van der Waals surface area contributed by atoms with Gasteiger partial charge >= 0.3 is 5.97 Å². The molecule has 0 aliphatic heterocycles. The first-order valence-electron chi connectivity index (χ1n) is 2.52. The lowest BCUT2D eigenvalue weighted by molar-refractivity contribution is 0.0661. The van der Waals surface area contributed by atoms with Crippen molar-refractivity contribution >= 4 is 12.3 Å². The van der Waals surface area contributed by atoms with Crippen molar-refractivity contribution in [2.45, 2.75) is 0 Å². The van der Waals surface area contributed by atoms with Gasteiger partial charge in [-0.25, -0.2) is 4.79 Å². The zero-order chi connectivity index (χ0) is 7.56. The van der Waals surface area contributed by atoms with Gasteiger partial charge in [0.1, 0.15) is 0 Å². The summed E-state index contributed by atoms with van der Waals surface area (Å²) in [6.45, 7) is 0. The zero-order valence-corrected chi connectivity index (χ0v) is 4.90. The largest absolute Gasteiger partial charge is 0.475 e. The maximum Gasteiger partial charge on any atom is 0.371 e. The van der Waals surface area contributed by atoms with Crippen LogP contribution in [0.3, 0.4) is 0 Å². The summed E-state index contributed by atoms with van der Waals surface area (Å²) in [6, 6.07) is 2.53. The number of aldehydes is 1. The van der Waals surface area contributed by atoms with Crippen molar-refractivity contribution in [3.8, 4) is 0 Å². The highest BCUT2D eigenvalue weighted by Gasteiger charge is 2.06. The second-order valence-corrected chi connectivity index (χ2v) is 1.63. The lowest BCUT2D eigenvalue weighted by atomic mass is 10.4. The van der Waals surface area contributed by atoms with Gasteiger partial charge in [-0.05, 0) is 12.1 Å². The highest BCUT2D eigenvalue weighted by Crippen LogP contribution is 2.04. The molecule has 0 saturated heterocycles. The minimum absolute atomic E-state index is 0.0254. The van der Waals surface area contributed by atoms with Gasteiger partial charge in [-0.2, -0.15) is 0 Å². The van der Waals surface area contributed by atoms with Crippen molar-refractivity contribution in [1.29, 1.82) is 0 Å². The molecule has 4 nitrogen and oxygen atoms in total. The lowest BCUT2D eigenvalue weighted by Crippen LogP contribution is -1.91. The molecule has 0 aromatic carbocycles. The van der Waals surface area contributed by atoms with Crippen LogP contribution < -0.4 is 0 Å². The Morgan fingerprint density at radius 2 is 2.40 bits per heavy atom. The molecule has 0 atom stereocenters. The first-order valence-corrected chi connectivity index (χ1v) is 2.52. The predicted octanol–water partition coefficient (Wildman–Crippen LogP) is 0.790. The van der Waals surface area contributed by atoms with Crippen molar-refractivity contribution in [2.75, 3.05) is 0 Å². The molecule has 1 aromatic rings. The first-order chi connectivity index (χ1) is 4.74. The molecule has 1 heterocycles. The zero-order valence-electron chi connectivity index (χ0n) is 4.90. The average molecular weight is 144 g/mol. The third kappa shape index (κ3) is 1.05. The quantitative estimate of drug-likeness (QED) is 0.492. The van der Waals surface area contributed by atoms with Crippen LogP contribution in [-0.4, -0.2) is 17.4 Å². The maximum atomic E-state index is 10.1. The van der Waals surface area contributed by atoms with Gasteiger partial charge in [-0.3, -0.25) is 4.79 Å². The molecular weight excluding hydrogens is 140 g/mol. The lowest BCUT2D eigenvalue weighted by Gasteiger charge is -1.81. The fourth-order valence-electron chi connectivity index (χ4n) is 0.531. The Bertz CT molecular complexity index is 260. The van der Waals surface area contributed by atoms with Gasteiger partial charge in [0.2, 0.25) is 5.76 Å². The molecule has 1 N–H and O–H groups in total. The SMILES string of the molecule is O=C([18OH])c1ccc(C=[18O])o1. The number of furan rings is 1. The monoisotopic (exact) mass is 144 g/mol. The van der Waals surface area contributed by atoms with E-state index < -0.39 is 5.97 Å². The molecule has 0 aliphatic carbocycles. The normalized spacial score (nSPS) is 9.20. The van der Waals surface area contributed by atoms with Crippen LogP contribution in [0.1, 0.15) is 21.1 Å². The summed E-state index contributed by atoms with van der Waals surface area (Å²) in [7, 11) is 0. The van der Waals surface area contributed by atoms with E-state index in [0.717, 1.165) is 0 Å². The fraction of sp³-hybridized carbons (Fsp3) is 0. The molecule has 4 heteroatoms. The summed E-state index contributed by atoms with van der Waals surface area (Å²) in [4.78, 5) is 20.1. The molecule has 0 radical (unpaired) electrons. The Kier molecular flexibility index (Phi) is 1.53. The third-order valence-corrected chi connectivity index (χ3v) is 0.954. The molecule has 0 fully saturated rings. The van der Waals surface area contributed by atoms with Crippen molar-refractivity contribution < 1.29 is 19.1 Å². The summed E-state index contributed by atoms with van der Waals surface area (Å²) < 4.78 is 4.53. The number of carbonyl (C=O) groups is 2. The predicted molar refractivity (Wildman–Crippen MR) is 31.1 cm³/mol. The number of hydrogen-bond donors (Lipinski definition) is 1. The van der Waals surface area contributed by atoms with Crippen molar-refractivity contribution in [3.05, 3.63) is 23.7 Å². The van der Waals surface area contributed by atoms with E-state index in [1.165, 1.54) is 12.1 Å². The molecule has 10 heavy (non-hydrogen) atoms. The Morgan fingerprint density at radius 3 is 2.70 bits per heavy atom. The van der Waals surface area contributed by atoms with Crippen LogP contribution in [0.25, 0.3) is 0 Å². The molecule has 1 aromatic heterocycles. The molecular formula is C6H4O4. The van der Waals surface area contributed by atoms with E-state index in [0.29, 0.717) is 6.29 Å². The fourth-order valence-corrected chi connectivity index (χ4v) is 0.531. The van der Waals surface area contributed by atoms with E-state index in [9.17, 15) is 9.59 Å². The summed E-state index contributed by atoms with van der Waals surface area (Å²) in [5.74, 6) is -1.37. The molecule has 0 spiro atoms. The van der Waals surface area contributed by atoms with Crippen LogP contribution in [0, 0.1) is 0 Å². The summed E-state index contributed by atoms with van der Waals surface area (Å²) in [5.41, 5.74) is 0. The molecule has 1 rings (SSSR count). The number of carbonyl (C=O) groups excluding carboxylic acids is 1. The number of carboxylic acids is 1. The first kappa shape index (κ1) is 6.54. The van der Waals surface area contributed by atoms with E-state index in [2.05, 4.69) is 4.42 Å². The third-order valence-electron chi connectivity index (χ3n) is 0.954. The van der Waals surface area contributed by atoms with E-state index in [1.54, 1.807) is 0 Å². The second kappa shape index (κ2) is 2.34. The molecule has 52 valence electrons. The van der Waals surface area contributed by atoms with Crippen molar-refractivity contribution in [3.63, 3.8) is 0 Å². The van der Waals surface area contributed by atoms with E-state index in [-0.39, 0.29) is 11.5 Å². The van der Waals surface area contributed by atoms with Crippen LogP contribution >= 0.6 is 0 Å². The number of rotatable bonds is 2. The molecule has 0 aliphatic rings. The van der Waals surface area contributed by atoms with Gasteiger partial charge < -0.3 is 9.52 Å².